The van der Waals surface area contributed by atoms with Crippen molar-refractivity contribution in [2.24, 2.45) is 0 Å². The van der Waals surface area contributed by atoms with Gasteiger partial charge in [0, 0.05) is 6.07 Å². The number of benzene rings is 1. The van der Waals surface area contributed by atoms with Gasteiger partial charge in [0.25, 0.3) is 0 Å². The van der Waals surface area contributed by atoms with Crippen LogP contribution < -0.4 is 0 Å². The molecule has 0 bridgehead atoms. The minimum Gasteiger partial charge on any atom is -0.360 e. The second kappa shape index (κ2) is 6.57. The number of hydrogen-bond donors (Lipinski definition) is 1. The first-order valence-corrected chi connectivity index (χ1v) is 7.59. The molecule has 2 aromatic heterocycles. The van der Waals surface area contributed by atoms with Crippen LogP contribution in [0.25, 0.3) is 12.2 Å². The molecule has 0 atom stereocenters. The van der Waals surface area contributed by atoms with Crippen LogP contribution in [-0.2, 0) is 5.75 Å². The van der Waals surface area contributed by atoms with Crippen LogP contribution in [0.1, 0.15) is 22.8 Å². The zero-order valence-corrected chi connectivity index (χ0v) is 12.6. The number of hydrogen-bond acceptors (Lipinski definition) is 5. The maximum atomic E-state index is 12.8. The molecule has 1 N–H and O–H groups in total. The number of aromatic nitrogens is 4. The van der Waals surface area contributed by atoms with Crippen molar-refractivity contribution in [1.82, 2.24) is 20.3 Å². The quantitative estimate of drug-likeness (QED) is 0.727. The Hall–Kier alpha value is -2.41. The van der Waals surface area contributed by atoms with Crippen LogP contribution >= 0.6 is 11.8 Å². The fourth-order valence-corrected chi connectivity index (χ4v) is 2.45. The maximum absolute atomic E-state index is 12.8. The molecule has 7 heteroatoms. The maximum Gasteiger partial charge on any atom is 0.209 e. The lowest BCUT2D eigenvalue weighted by atomic mass is 10.2. The highest BCUT2D eigenvalue weighted by molar-refractivity contribution is 7.98. The third-order valence-corrected chi connectivity index (χ3v) is 3.68. The third kappa shape index (κ3) is 3.82. The fraction of sp³-hybridized carbons (Fsp3) is 0.133. The molecule has 0 radical (unpaired) electrons. The van der Waals surface area contributed by atoms with Crippen molar-refractivity contribution in [3.63, 3.8) is 0 Å². The molecule has 0 fully saturated rings. The number of rotatable bonds is 5. The zero-order valence-electron chi connectivity index (χ0n) is 11.8. The molecular weight excluding hydrogens is 303 g/mol. The minimum atomic E-state index is -0.252. The van der Waals surface area contributed by atoms with Crippen molar-refractivity contribution < 1.29 is 8.91 Å². The lowest BCUT2D eigenvalue weighted by Gasteiger charge is -1.91. The Morgan fingerprint density at radius 2 is 2.09 bits per heavy atom. The van der Waals surface area contributed by atoms with Gasteiger partial charge in [-0.05, 0) is 30.7 Å². The van der Waals surface area contributed by atoms with Gasteiger partial charge in [-0.2, -0.15) is 0 Å². The van der Waals surface area contributed by atoms with Crippen LogP contribution in [0.15, 0.2) is 40.0 Å². The predicted octanol–water partition coefficient (Wildman–Crippen LogP) is 3.70. The number of nitrogens with zero attached hydrogens (tertiary/aromatic N) is 3. The summed E-state index contributed by atoms with van der Waals surface area (Å²) in [5.74, 6) is 1.80. The Kier molecular flexibility index (Phi) is 4.34. The number of halogens is 1. The average Bonchev–Trinajstić information content (AvgIpc) is 3.13. The molecule has 112 valence electrons. The molecule has 5 nitrogen and oxygen atoms in total. The van der Waals surface area contributed by atoms with Gasteiger partial charge >= 0.3 is 0 Å². The van der Waals surface area contributed by atoms with Crippen molar-refractivity contribution >= 4 is 23.9 Å². The van der Waals surface area contributed by atoms with Crippen LogP contribution in [0.5, 0.6) is 0 Å². The molecule has 0 saturated heterocycles. The number of aromatic amines is 1. The van der Waals surface area contributed by atoms with Crippen molar-refractivity contribution in [1.29, 1.82) is 0 Å². The summed E-state index contributed by atoms with van der Waals surface area (Å²) >= 11 is 1.46. The topological polar surface area (TPSA) is 67.6 Å². The Morgan fingerprint density at radius 1 is 1.27 bits per heavy atom. The van der Waals surface area contributed by atoms with E-state index in [4.69, 9.17) is 4.52 Å². The SMILES string of the molecule is Cc1cc(CSc2n[nH]c(C=Cc3ccc(F)cc3)n2)on1. The summed E-state index contributed by atoms with van der Waals surface area (Å²) in [6.45, 7) is 1.88. The lowest BCUT2D eigenvalue weighted by molar-refractivity contribution is 0.391. The van der Waals surface area contributed by atoms with E-state index >= 15 is 0 Å². The van der Waals surface area contributed by atoms with E-state index in [0.717, 1.165) is 17.0 Å². The van der Waals surface area contributed by atoms with E-state index in [1.54, 1.807) is 18.2 Å². The molecule has 0 saturated carbocycles. The highest BCUT2D eigenvalue weighted by atomic mass is 32.2. The standard InChI is InChI=1S/C15H13FN4OS/c1-10-8-13(21-20-10)9-22-15-17-14(18-19-15)7-4-11-2-5-12(16)6-3-11/h2-8H,9H2,1H3,(H,17,18,19). The van der Waals surface area contributed by atoms with E-state index < -0.39 is 0 Å². The zero-order chi connectivity index (χ0) is 15.4. The number of thioether (sulfide) groups is 1. The van der Waals surface area contributed by atoms with Gasteiger partial charge in [-0.3, -0.25) is 5.10 Å². The molecule has 0 aliphatic heterocycles. The van der Waals surface area contributed by atoms with Gasteiger partial charge in [-0.25, -0.2) is 9.37 Å². The van der Waals surface area contributed by atoms with E-state index in [1.165, 1.54) is 23.9 Å². The van der Waals surface area contributed by atoms with Gasteiger partial charge < -0.3 is 4.52 Å². The van der Waals surface area contributed by atoms with Gasteiger partial charge in [-0.15, -0.1) is 5.10 Å². The van der Waals surface area contributed by atoms with E-state index in [1.807, 2.05) is 19.1 Å². The Labute approximate surface area is 130 Å². The Balaban J connectivity index is 1.59. The summed E-state index contributed by atoms with van der Waals surface area (Å²) in [4.78, 5) is 4.34. The second-order valence-electron chi connectivity index (χ2n) is 4.61. The van der Waals surface area contributed by atoms with E-state index in [9.17, 15) is 4.39 Å². The largest absolute Gasteiger partial charge is 0.360 e. The van der Waals surface area contributed by atoms with Crippen molar-refractivity contribution in [3.05, 3.63) is 59.0 Å². The number of nitrogens with one attached hydrogen (secondary N) is 1. The smallest absolute Gasteiger partial charge is 0.209 e. The molecule has 22 heavy (non-hydrogen) atoms. The van der Waals surface area contributed by atoms with Gasteiger partial charge in [-0.1, -0.05) is 35.1 Å². The molecular formula is C15H13FN4OS. The lowest BCUT2D eigenvalue weighted by Crippen LogP contribution is -1.79. The predicted molar refractivity (Wildman–Crippen MR) is 82.5 cm³/mol. The van der Waals surface area contributed by atoms with E-state index in [0.29, 0.717) is 16.7 Å². The highest BCUT2D eigenvalue weighted by Gasteiger charge is 2.05. The molecule has 0 amide bonds. The van der Waals surface area contributed by atoms with Gasteiger partial charge in [0.15, 0.2) is 0 Å². The van der Waals surface area contributed by atoms with Crippen molar-refractivity contribution in [2.75, 3.05) is 0 Å². The van der Waals surface area contributed by atoms with Crippen molar-refractivity contribution in [2.45, 2.75) is 17.8 Å². The van der Waals surface area contributed by atoms with Crippen LogP contribution in [0.3, 0.4) is 0 Å². The fourth-order valence-electron chi connectivity index (χ4n) is 1.77. The second-order valence-corrected chi connectivity index (χ2v) is 5.55. The Morgan fingerprint density at radius 3 is 2.82 bits per heavy atom. The molecule has 1 aromatic carbocycles. The van der Waals surface area contributed by atoms with E-state index in [-0.39, 0.29) is 5.82 Å². The minimum absolute atomic E-state index is 0.252. The van der Waals surface area contributed by atoms with Crippen LogP contribution in [0.4, 0.5) is 4.39 Å². The van der Waals surface area contributed by atoms with Gasteiger partial charge in [0.2, 0.25) is 5.16 Å². The van der Waals surface area contributed by atoms with Gasteiger partial charge in [0.05, 0.1) is 11.4 Å². The monoisotopic (exact) mass is 316 g/mol. The van der Waals surface area contributed by atoms with Crippen LogP contribution in [0.2, 0.25) is 0 Å². The molecule has 0 aliphatic carbocycles. The molecule has 3 aromatic rings. The summed E-state index contributed by atoms with van der Waals surface area (Å²) in [5.41, 5.74) is 1.75. The first-order chi connectivity index (χ1) is 10.7. The number of H-pyrrole nitrogens is 1. The number of aryl methyl sites for hydroxylation is 1. The molecule has 0 spiro atoms. The summed E-state index contributed by atoms with van der Waals surface area (Å²) in [5, 5.41) is 11.4. The van der Waals surface area contributed by atoms with Gasteiger partial charge in [0.1, 0.15) is 17.4 Å². The molecule has 2 heterocycles. The Bertz CT molecular complexity index is 779. The summed E-state index contributed by atoms with van der Waals surface area (Å²) < 4.78 is 17.9. The van der Waals surface area contributed by atoms with E-state index in [2.05, 4.69) is 20.3 Å². The first kappa shape index (κ1) is 14.5. The summed E-state index contributed by atoms with van der Waals surface area (Å²) in [6, 6.07) is 8.12. The molecule has 0 unspecified atom stereocenters. The first-order valence-electron chi connectivity index (χ1n) is 6.60. The molecule has 0 aliphatic rings. The van der Waals surface area contributed by atoms with Crippen LogP contribution in [-0.4, -0.2) is 20.3 Å². The summed E-state index contributed by atoms with van der Waals surface area (Å²) in [7, 11) is 0. The third-order valence-electron chi connectivity index (χ3n) is 2.81. The average molecular weight is 316 g/mol. The van der Waals surface area contributed by atoms with Crippen molar-refractivity contribution in [3.8, 4) is 0 Å². The van der Waals surface area contributed by atoms with Crippen LogP contribution in [0, 0.1) is 12.7 Å². The highest BCUT2D eigenvalue weighted by Crippen LogP contribution is 2.19. The summed E-state index contributed by atoms with van der Waals surface area (Å²) in [6.07, 6.45) is 3.64. The molecule has 3 rings (SSSR count). The normalized spacial score (nSPS) is 11.4.